The van der Waals surface area contributed by atoms with Crippen LogP contribution in [0.4, 0.5) is 18.9 Å². The van der Waals surface area contributed by atoms with Gasteiger partial charge in [-0.05, 0) is 30.3 Å². The van der Waals surface area contributed by atoms with Gasteiger partial charge in [-0.15, -0.1) is 13.2 Å². The Kier molecular flexibility index (Phi) is 5.41. The number of nitrogens with zero attached hydrogens (tertiary/aromatic N) is 2. The molecule has 0 spiro atoms. The zero-order valence-corrected chi connectivity index (χ0v) is 15.6. The second kappa shape index (κ2) is 7.52. The molecule has 0 bridgehead atoms. The van der Waals surface area contributed by atoms with Crippen LogP contribution in [-0.4, -0.2) is 55.4 Å². The lowest BCUT2D eigenvalue weighted by atomic mass is 10.0. The first-order valence-corrected chi connectivity index (χ1v) is 9.76. The maximum absolute atomic E-state index is 12.7. The van der Waals surface area contributed by atoms with Gasteiger partial charge in [-0.25, -0.2) is 13.4 Å². The quantitative estimate of drug-likeness (QED) is 0.735. The molecule has 2 aromatic rings. The Morgan fingerprint density at radius 3 is 2.38 bits per heavy atom. The van der Waals surface area contributed by atoms with Gasteiger partial charge in [0, 0.05) is 31.8 Å². The highest BCUT2D eigenvalue weighted by molar-refractivity contribution is 7.91. The first-order valence-electron chi connectivity index (χ1n) is 8.28. The molecule has 12 heteroatoms. The third-order valence-corrected chi connectivity index (χ3v) is 6.01. The van der Waals surface area contributed by atoms with Crippen molar-refractivity contribution in [2.24, 2.45) is 5.92 Å². The van der Waals surface area contributed by atoms with Crippen LogP contribution in [0.15, 0.2) is 46.3 Å². The van der Waals surface area contributed by atoms with Crippen molar-refractivity contribution in [2.45, 2.75) is 16.2 Å². The molecule has 29 heavy (non-hydrogen) atoms. The van der Waals surface area contributed by atoms with E-state index >= 15 is 0 Å². The molecule has 1 saturated heterocycles. The fourth-order valence-electron chi connectivity index (χ4n) is 2.74. The van der Waals surface area contributed by atoms with Crippen LogP contribution < -0.4 is 10.5 Å². The summed E-state index contributed by atoms with van der Waals surface area (Å²) in [6.07, 6.45) is -3.93. The van der Waals surface area contributed by atoms with Crippen molar-refractivity contribution >= 4 is 21.4 Å². The summed E-state index contributed by atoms with van der Waals surface area (Å²) in [5.74, 6) is -1.06. The van der Waals surface area contributed by atoms with Crippen LogP contribution in [-0.2, 0) is 9.84 Å². The van der Waals surface area contributed by atoms with Gasteiger partial charge in [-0.3, -0.25) is 4.79 Å². The van der Waals surface area contributed by atoms with Crippen LogP contribution in [0.3, 0.4) is 0 Å². The zero-order chi connectivity index (χ0) is 21.4. The van der Waals surface area contributed by atoms with Crippen LogP contribution in [0.1, 0.15) is 10.5 Å². The fraction of sp³-hybridized carbons (Fsp3) is 0.294. The first-order chi connectivity index (χ1) is 13.5. The lowest BCUT2D eigenvalue weighted by Gasteiger charge is -2.38. The maximum atomic E-state index is 12.7. The van der Waals surface area contributed by atoms with Crippen LogP contribution in [0.2, 0.25) is 0 Å². The van der Waals surface area contributed by atoms with Gasteiger partial charge in [0.2, 0.25) is 9.84 Å². The predicted octanol–water partition coefficient (Wildman–Crippen LogP) is 1.46. The number of rotatable bonds is 5. The Hall–Kier alpha value is -2.86. The summed E-state index contributed by atoms with van der Waals surface area (Å²) >= 11 is 0. The second-order valence-electron chi connectivity index (χ2n) is 6.39. The number of benzene rings is 1. The Labute approximate surface area is 163 Å². The molecular weight excluding hydrogens is 415 g/mol. The molecule has 1 aliphatic heterocycles. The average Bonchev–Trinajstić information content (AvgIpc) is 2.59. The van der Waals surface area contributed by atoms with Crippen molar-refractivity contribution < 1.29 is 36.2 Å². The summed E-state index contributed by atoms with van der Waals surface area (Å²) in [5.41, 5.74) is 5.54. The SMILES string of the molecule is Nc1cc(S(=O)(=O)c2ccc(OC(F)(F)F)cc2)cnc1C(=O)N1CC(CO)C1. The van der Waals surface area contributed by atoms with Crippen molar-refractivity contribution in [3.63, 3.8) is 0 Å². The molecule has 8 nitrogen and oxygen atoms in total. The molecule has 1 aromatic heterocycles. The number of alkyl halides is 3. The number of aromatic nitrogens is 1. The van der Waals surface area contributed by atoms with Crippen LogP contribution in [0.5, 0.6) is 5.75 Å². The number of sulfone groups is 1. The number of ether oxygens (including phenoxy) is 1. The van der Waals surface area contributed by atoms with E-state index < -0.39 is 27.9 Å². The Morgan fingerprint density at radius 2 is 1.86 bits per heavy atom. The number of hydrogen-bond donors (Lipinski definition) is 2. The summed E-state index contributed by atoms with van der Waals surface area (Å²) in [4.78, 5) is 17.0. The molecule has 0 atom stereocenters. The molecular formula is C17H16F3N3O5S. The van der Waals surface area contributed by atoms with Gasteiger partial charge in [0.05, 0.1) is 15.5 Å². The zero-order valence-electron chi connectivity index (χ0n) is 14.8. The number of pyridine rings is 1. The van der Waals surface area contributed by atoms with Crippen molar-refractivity contribution in [3.8, 4) is 5.75 Å². The molecule has 0 saturated carbocycles. The van der Waals surface area contributed by atoms with Crippen LogP contribution in [0, 0.1) is 5.92 Å². The molecule has 1 fully saturated rings. The number of aliphatic hydroxyl groups is 1. The minimum Gasteiger partial charge on any atom is -0.406 e. The van der Waals surface area contributed by atoms with Gasteiger partial charge in [-0.1, -0.05) is 0 Å². The molecule has 3 N–H and O–H groups in total. The highest BCUT2D eigenvalue weighted by atomic mass is 32.2. The highest BCUT2D eigenvalue weighted by Crippen LogP contribution is 2.28. The van der Waals surface area contributed by atoms with E-state index in [0.29, 0.717) is 13.1 Å². The highest BCUT2D eigenvalue weighted by Gasteiger charge is 2.33. The van der Waals surface area contributed by atoms with Crippen LogP contribution in [0.25, 0.3) is 0 Å². The monoisotopic (exact) mass is 431 g/mol. The normalized spacial score (nSPS) is 15.1. The van der Waals surface area contributed by atoms with E-state index in [0.717, 1.165) is 36.5 Å². The van der Waals surface area contributed by atoms with Gasteiger partial charge in [0.1, 0.15) is 5.75 Å². The number of likely N-dealkylation sites (tertiary alicyclic amines) is 1. The Bertz CT molecular complexity index is 1020. The second-order valence-corrected chi connectivity index (χ2v) is 8.34. The number of carbonyl (C=O) groups excluding carboxylic acids is 1. The van der Waals surface area contributed by atoms with Gasteiger partial charge in [-0.2, -0.15) is 0 Å². The standard InChI is InChI=1S/C17H16F3N3O5S/c18-17(19,20)28-11-1-3-12(4-2-11)29(26,27)13-5-14(21)15(22-6-13)16(25)23-7-10(8-23)9-24/h1-6,10,24H,7-9,21H2. The first kappa shape index (κ1) is 20.9. The number of amides is 1. The molecule has 156 valence electrons. The van der Waals surface area contributed by atoms with Crippen molar-refractivity contribution in [3.05, 3.63) is 42.2 Å². The summed E-state index contributed by atoms with van der Waals surface area (Å²) < 4.78 is 65.7. The minimum absolute atomic E-state index is 0.0101. The van der Waals surface area contributed by atoms with Gasteiger partial charge in [0.15, 0.2) is 5.69 Å². The number of hydrogen-bond acceptors (Lipinski definition) is 7. The van der Waals surface area contributed by atoms with Crippen molar-refractivity contribution in [2.75, 3.05) is 25.4 Å². The van der Waals surface area contributed by atoms with E-state index in [2.05, 4.69) is 9.72 Å². The largest absolute Gasteiger partial charge is 0.573 e. The molecule has 1 aliphatic rings. The number of aliphatic hydroxyl groups excluding tert-OH is 1. The molecule has 2 heterocycles. The average molecular weight is 431 g/mol. The molecule has 0 unspecified atom stereocenters. The number of halogens is 3. The van der Waals surface area contributed by atoms with Crippen molar-refractivity contribution in [1.82, 2.24) is 9.88 Å². The number of nitrogen functional groups attached to an aromatic ring is 1. The third kappa shape index (κ3) is 4.43. The molecule has 3 rings (SSSR count). The van der Waals surface area contributed by atoms with E-state index in [-0.39, 0.29) is 33.7 Å². The maximum Gasteiger partial charge on any atom is 0.573 e. The summed E-state index contributed by atoms with van der Waals surface area (Å²) in [5, 5.41) is 9.01. The van der Waals surface area contributed by atoms with Gasteiger partial charge in [0.25, 0.3) is 5.91 Å². The number of nitrogens with two attached hydrogens (primary N) is 1. The third-order valence-electron chi connectivity index (χ3n) is 4.28. The fourth-order valence-corrected chi connectivity index (χ4v) is 3.98. The number of anilines is 1. The van der Waals surface area contributed by atoms with E-state index in [1.54, 1.807) is 0 Å². The smallest absolute Gasteiger partial charge is 0.406 e. The van der Waals surface area contributed by atoms with E-state index in [1.165, 1.54) is 4.90 Å². The predicted molar refractivity (Wildman–Crippen MR) is 93.7 cm³/mol. The molecule has 1 aromatic carbocycles. The summed E-state index contributed by atoms with van der Waals surface area (Å²) in [7, 11) is -4.13. The Balaban J connectivity index is 1.81. The lowest BCUT2D eigenvalue weighted by molar-refractivity contribution is -0.274. The summed E-state index contributed by atoms with van der Waals surface area (Å²) in [6.45, 7) is 0.655. The van der Waals surface area contributed by atoms with Gasteiger partial charge >= 0.3 is 6.36 Å². The summed E-state index contributed by atoms with van der Waals surface area (Å²) in [6, 6.07) is 4.73. The van der Waals surface area contributed by atoms with E-state index in [4.69, 9.17) is 10.8 Å². The van der Waals surface area contributed by atoms with E-state index in [1.807, 2.05) is 0 Å². The Morgan fingerprint density at radius 1 is 1.24 bits per heavy atom. The van der Waals surface area contributed by atoms with Crippen LogP contribution >= 0.6 is 0 Å². The van der Waals surface area contributed by atoms with E-state index in [9.17, 15) is 26.4 Å². The van der Waals surface area contributed by atoms with Gasteiger partial charge < -0.3 is 20.5 Å². The lowest BCUT2D eigenvalue weighted by Crippen LogP contribution is -2.51. The van der Waals surface area contributed by atoms with Crippen molar-refractivity contribution in [1.29, 1.82) is 0 Å². The number of carbonyl (C=O) groups is 1. The molecule has 1 amide bonds. The minimum atomic E-state index is -4.89. The molecule has 0 radical (unpaired) electrons. The molecule has 0 aliphatic carbocycles. The topological polar surface area (TPSA) is 123 Å².